The molecule has 1 aromatic carbocycles. The normalized spacial score (nSPS) is 14.1. The van der Waals surface area contributed by atoms with E-state index in [0.29, 0.717) is 5.75 Å². The number of benzene rings is 1. The predicted octanol–water partition coefficient (Wildman–Crippen LogP) is 1.96. The number of nitrogens with zero attached hydrogens (tertiary/aromatic N) is 1. The Bertz CT molecular complexity index is 481. The van der Waals surface area contributed by atoms with Crippen LogP contribution in [0, 0.1) is 16.0 Å². The smallest absolute Gasteiger partial charge is 0.314 e. The van der Waals surface area contributed by atoms with E-state index in [0.717, 1.165) is 12.8 Å². The van der Waals surface area contributed by atoms with Gasteiger partial charge >= 0.3 is 5.69 Å². The van der Waals surface area contributed by atoms with E-state index in [1.807, 2.05) is 0 Å². The lowest BCUT2D eigenvalue weighted by Crippen LogP contribution is -2.12. The number of carbonyl (C=O) groups is 1. The highest BCUT2D eigenvalue weighted by Gasteiger charge is 2.29. The zero-order valence-corrected chi connectivity index (χ0v) is 9.92. The highest BCUT2D eigenvalue weighted by Crippen LogP contribution is 2.32. The summed E-state index contributed by atoms with van der Waals surface area (Å²) >= 11 is 0. The first kappa shape index (κ1) is 12.3. The van der Waals surface area contributed by atoms with Crippen LogP contribution in [-0.2, 0) is 4.79 Å². The summed E-state index contributed by atoms with van der Waals surface area (Å²) in [5.74, 6) is 0.643. The first-order chi connectivity index (χ1) is 8.61. The first-order valence-electron chi connectivity index (χ1n) is 5.59. The van der Waals surface area contributed by atoms with Crippen molar-refractivity contribution in [1.29, 1.82) is 0 Å². The average molecular weight is 251 g/mol. The molecule has 0 radical (unpaired) electrons. The number of nitro benzene ring substituents is 1. The molecule has 0 aliphatic heterocycles. The third-order valence-electron chi connectivity index (χ3n) is 2.76. The summed E-state index contributed by atoms with van der Waals surface area (Å²) in [7, 11) is 1.36. The molecule has 6 heteroatoms. The van der Waals surface area contributed by atoms with Crippen molar-refractivity contribution in [2.45, 2.75) is 12.8 Å². The van der Waals surface area contributed by atoms with E-state index >= 15 is 0 Å². The van der Waals surface area contributed by atoms with Gasteiger partial charge in [0.15, 0.2) is 11.5 Å². The lowest BCUT2D eigenvalue weighted by atomic mass is 10.2. The van der Waals surface area contributed by atoms with Gasteiger partial charge in [0.05, 0.1) is 18.1 Å². The lowest BCUT2D eigenvalue weighted by Gasteiger charge is -2.06. The molecule has 0 bridgehead atoms. The third-order valence-corrected chi connectivity index (χ3v) is 2.76. The van der Waals surface area contributed by atoms with Gasteiger partial charge in [-0.3, -0.25) is 14.9 Å². The van der Waals surface area contributed by atoms with Crippen LogP contribution in [0.4, 0.5) is 5.69 Å². The second-order valence-corrected chi connectivity index (χ2v) is 4.12. The average Bonchev–Trinajstić information content (AvgIpc) is 3.19. The molecule has 0 aromatic heterocycles. The van der Waals surface area contributed by atoms with Crippen molar-refractivity contribution in [3.8, 4) is 11.5 Å². The highest BCUT2D eigenvalue weighted by molar-refractivity contribution is 5.84. The SMILES string of the molecule is COc1ccc(OCC(=O)C2CC2)cc1[N+](=O)[O-]. The van der Waals surface area contributed by atoms with Crippen LogP contribution in [0.2, 0.25) is 0 Å². The Morgan fingerprint density at radius 3 is 2.78 bits per heavy atom. The summed E-state index contributed by atoms with van der Waals surface area (Å²) in [6, 6.07) is 4.26. The minimum Gasteiger partial charge on any atom is -0.490 e. The van der Waals surface area contributed by atoms with E-state index in [1.165, 1.54) is 19.2 Å². The topological polar surface area (TPSA) is 78.7 Å². The maximum absolute atomic E-state index is 11.4. The molecule has 0 amide bonds. The molecule has 2 rings (SSSR count). The van der Waals surface area contributed by atoms with Gasteiger partial charge in [-0.2, -0.15) is 0 Å². The van der Waals surface area contributed by atoms with E-state index in [-0.39, 0.29) is 29.7 Å². The van der Waals surface area contributed by atoms with Crippen LogP contribution in [0.15, 0.2) is 18.2 Å². The number of rotatable bonds is 6. The fourth-order valence-corrected chi connectivity index (χ4v) is 1.58. The van der Waals surface area contributed by atoms with Gasteiger partial charge in [-0.1, -0.05) is 0 Å². The van der Waals surface area contributed by atoms with Crippen LogP contribution < -0.4 is 9.47 Å². The third kappa shape index (κ3) is 2.77. The zero-order valence-electron chi connectivity index (χ0n) is 9.92. The van der Waals surface area contributed by atoms with Crippen molar-refractivity contribution < 1.29 is 19.2 Å². The van der Waals surface area contributed by atoms with Crippen LogP contribution in [0.5, 0.6) is 11.5 Å². The van der Waals surface area contributed by atoms with Crippen LogP contribution in [0.3, 0.4) is 0 Å². The van der Waals surface area contributed by atoms with E-state index in [2.05, 4.69) is 0 Å². The van der Waals surface area contributed by atoms with Crippen molar-refractivity contribution in [2.24, 2.45) is 5.92 Å². The van der Waals surface area contributed by atoms with Gasteiger partial charge in [0.1, 0.15) is 12.4 Å². The number of hydrogen-bond donors (Lipinski definition) is 0. The quantitative estimate of drug-likeness (QED) is 0.570. The predicted molar refractivity (Wildman–Crippen MR) is 62.9 cm³/mol. The van der Waals surface area contributed by atoms with E-state index in [1.54, 1.807) is 6.07 Å². The molecule has 0 heterocycles. The molecule has 18 heavy (non-hydrogen) atoms. The van der Waals surface area contributed by atoms with Gasteiger partial charge < -0.3 is 9.47 Å². The summed E-state index contributed by atoms with van der Waals surface area (Å²) in [4.78, 5) is 21.7. The summed E-state index contributed by atoms with van der Waals surface area (Å²) in [5, 5.41) is 10.8. The lowest BCUT2D eigenvalue weighted by molar-refractivity contribution is -0.385. The molecule has 1 aromatic rings. The molecule has 1 fully saturated rings. The number of ether oxygens (including phenoxy) is 2. The summed E-state index contributed by atoms with van der Waals surface area (Å²) < 4.78 is 10.1. The van der Waals surface area contributed by atoms with Gasteiger partial charge in [-0.05, 0) is 25.0 Å². The molecular formula is C12H13NO5. The summed E-state index contributed by atoms with van der Waals surface area (Å²) in [5.41, 5.74) is -0.172. The second kappa shape index (κ2) is 5.03. The van der Waals surface area contributed by atoms with Crippen LogP contribution in [0.25, 0.3) is 0 Å². The van der Waals surface area contributed by atoms with Gasteiger partial charge in [0.2, 0.25) is 0 Å². The number of methoxy groups -OCH3 is 1. The van der Waals surface area contributed by atoms with Crippen molar-refractivity contribution in [1.82, 2.24) is 0 Å². The van der Waals surface area contributed by atoms with Gasteiger partial charge in [0, 0.05) is 5.92 Å². The number of hydrogen-bond acceptors (Lipinski definition) is 5. The van der Waals surface area contributed by atoms with Gasteiger partial charge in [-0.25, -0.2) is 0 Å². The summed E-state index contributed by atoms with van der Waals surface area (Å²) in [6.07, 6.45) is 1.84. The Kier molecular flexibility index (Phi) is 3.45. The maximum Gasteiger partial charge on any atom is 0.314 e. The molecule has 0 spiro atoms. The Labute approximate surface area is 104 Å². The molecule has 0 N–H and O–H groups in total. The molecule has 1 aliphatic rings. The second-order valence-electron chi connectivity index (χ2n) is 4.12. The monoisotopic (exact) mass is 251 g/mol. The Morgan fingerprint density at radius 1 is 1.50 bits per heavy atom. The van der Waals surface area contributed by atoms with Gasteiger partial charge in [-0.15, -0.1) is 0 Å². The Hall–Kier alpha value is -2.11. The number of carbonyl (C=O) groups excluding carboxylic acids is 1. The van der Waals surface area contributed by atoms with E-state index in [4.69, 9.17) is 9.47 Å². The van der Waals surface area contributed by atoms with Crippen LogP contribution >= 0.6 is 0 Å². The molecule has 1 aliphatic carbocycles. The van der Waals surface area contributed by atoms with Crippen LogP contribution in [0.1, 0.15) is 12.8 Å². The molecule has 0 saturated heterocycles. The maximum atomic E-state index is 11.4. The minimum atomic E-state index is -0.547. The fraction of sp³-hybridized carbons (Fsp3) is 0.417. The largest absolute Gasteiger partial charge is 0.490 e. The molecule has 0 atom stereocenters. The first-order valence-corrected chi connectivity index (χ1v) is 5.59. The Balaban J connectivity index is 2.06. The molecule has 0 unspecified atom stereocenters. The number of Topliss-reactive ketones (excluding diaryl/α,β-unsaturated/α-hetero) is 1. The Morgan fingerprint density at radius 2 is 2.22 bits per heavy atom. The zero-order chi connectivity index (χ0) is 13.1. The molecule has 1 saturated carbocycles. The van der Waals surface area contributed by atoms with Crippen molar-refractivity contribution in [3.05, 3.63) is 28.3 Å². The van der Waals surface area contributed by atoms with Crippen molar-refractivity contribution in [2.75, 3.05) is 13.7 Å². The molecular weight excluding hydrogens is 238 g/mol. The minimum absolute atomic E-state index is 0.0336. The van der Waals surface area contributed by atoms with Crippen molar-refractivity contribution in [3.63, 3.8) is 0 Å². The molecule has 96 valence electrons. The van der Waals surface area contributed by atoms with Gasteiger partial charge in [0.25, 0.3) is 0 Å². The fourth-order valence-electron chi connectivity index (χ4n) is 1.58. The van der Waals surface area contributed by atoms with E-state index < -0.39 is 4.92 Å². The van der Waals surface area contributed by atoms with Crippen LogP contribution in [-0.4, -0.2) is 24.4 Å². The number of nitro groups is 1. The highest BCUT2D eigenvalue weighted by atomic mass is 16.6. The standard InChI is InChI=1S/C12H13NO5/c1-17-12-5-4-9(6-10(12)13(15)16)18-7-11(14)8-2-3-8/h4-6,8H,2-3,7H2,1H3. The van der Waals surface area contributed by atoms with Crippen molar-refractivity contribution >= 4 is 11.5 Å². The summed E-state index contributed by atoms with van der Waals surface area (Å²) in [6.45, 7) is -0.0336. The number of ketones is 1. The molecule has 6 nitrogen and oxygen atoms in total. The van der Waals surface area contributed by atoms with E-state index in [9.17, 15) is 14.9 Å².